The van der Waals surface area contributed by atoms with Crippen molar-refractivity contribution in [2.75, 3.05) is 11.9 Å². The van der Waals surface area contributed by atoms with Crippen LogP contribution in [0.1, 0.15) is 28.5 Å². The van der Waals surface area contributed by atoms with Gasteiger partial charge in [-0.3, -0.25) is 4.68 Å². The fourth-order valence-corrected chi connectivity index (χ4v) is 4.20. The molecular formula is C25H23N5O3. The molecule has 0 saturated heterocycles. The molecule has 2 heterocycles. The fraction of sp³-hybridized carbons (Fsp3) is 0.200. The molecule has 5 rings (SSSR count). The summed E-state index contributed by atoms with van der Waals surface area (Å²) in [6.07, 6.45) is 3.51. The Morgan fingerprint density at radius 2 is 2.00 bits per heavy atom. The minimum absolute atomic E-state index is 0.155. The number of carboxylic acid groups (broad SMARTS) is 1. The first-order chi connectivity index (χ1) is 16.0. The molecule has 0 saturated carbocycles. The molecule has 0 amide bonds. The van der Waals surface area contributed by atoms with E-state index in [0.717, 1.165) is 46.6 Å². The van der Waals surface area contributed by atoms with Crippen LogP contribution in [-0.4, -0.2) is 37.4 Å². The standard InChI is InChI=1S/C25H23N5O3/c1-3-33-20-13-16(24(31)32)9-11-18(20)27-25-26-14-17-10-12-19-21(22(17)28-25)23(30(2)29-19)15-7-5-4-6-8-15/h4-9,11,13-14H,3,10,12H2,1-2H3,(H,31,32)(H,26,27,28). The number of carbonyl (C=O) groups is 1. The van der Waals surface area contributed by atoms with Gasteiger partial charge in [-0.15, -0.1) is 0 Å². The zero-order valence-corrected chi connectivity index (χ0v) is 18.4. The van der Waals surface area contributed by atoms with E-state index in [2.05, 4.69) is 22.4 Å². The van der Waals surface area contributed by atoms with E-state index in [4.69, 9.17) is 14.8 Å². The predicted molar refractivity (Wildman–Crippen MR) is 125 cm³/mol. The van der Waals surface area contributed by atoms with Crippen molar-refractivity contribution in [3.05, 3.63) is 71.5 Å². The van der Waals surface area contributed by atoms with Gasteiger partial charge in [0.25, 0.3) is 0 Å². The molecule has 166 valence electrons. The van der Waals surface area contributed by atoms with Gasteiger partial charge >= 0.3 is 5.97 Å². The van der Waals surface area contributed by atoms with Crippen LogP contribution in [0.15, 0.2) is 54.7 Å². The molecule has 2 aromatic carbocycles. The number of fused-ring (bicyclic) bond motifs is 3. The maximum Gasteiger partial charge on any atom is 0.335 e. The summed E-state index contributed by atoms with van der Waals surface area (Å²) in [5.74, 6) is -0.163. The zero-order valence-electron chi connectivity index (χ0n) is 18.4. The SMILES string of the molecule is CCOc1cc(C(=O)O)ccc1Nc1ncc2c(n1)-c1c(nn(C)c1-c1ccccc1)CC2. The Kier molecular flexibility index (Phi) is 5.26. The highest BCUT2D eigenvalue weighted by Gasteiger charge is 2.27. The molecule has 1 aliphatic rings. The number of ether oxygens (including phenoxy) is 1. The van der Waals surface area contributed by atoms with Crippen LogP contribution in [0.2, 0.25) is 0 Å². The van der Waals surface area contributed by atoms with Crippen molar-refractivity contribution in [2.24, 2.45) is 7.05 Å². The Labute approximate surface area is 190 Å². The number of nitrogens with one attached hydrogen (secondary N) is 1. The number of aromatic carboxylic acids is 1. The number of aromatic nitrogens is 4. The van der Waals surface area contributed by atoms with Gasteiger partial charge in [0.15, 0.2) is 0 Å². The summed E-state index contributed by atoms with van der Waals surface area (Å²) in [6.45, 7) is 2.25. The van der Waals surface area contributed by atoms with Crippen LogP contribution < -0.4 is 10.1 Å². The topological polar surface area (TPSA) is 102 Å². The number of benzene rings is 2. The lowest BCUT2D eigenvalue weighted by molar-refractivity contribution is 0.0696. The van der Waals surface area contributed by atoms with Crippen LogP contribution in [0.25, 0.3) is 22.5 Å². The fourth-order valence-electron chi connectivity index (χ4n) is 4.20. The van der Waals surface area contributed by atoms with Gasteiger partial charge in [-0.2, -0.15) is 5.10 Å². The number of hydrogen-bond acceptors (Lipinski definition) is 6. The highest BCUT2D eigenvalue weighted by molar-refractivity contribution is 5.89. The third-order valence-corrected chi connectivity index (χ3v) is 5.67. The second kappa shape index (κ2) is 8.38. The molecule has 4 aromatic rings. The van der Waals surface area contributed by atoms with Crippen LogP contribution in [0.4, 0.5) is 11.6 Å². The van der Waals surface area contributed by atoms with Gasteiger partial charge in [0.1, 0.15) is 5.75 Å². The quantitative estimate of drug-likeness (QED) is 0.455. The van der Waals surface area contributed by atoms with Crippen molar-refractivity contribution >= 4 is 17.6 Å². The molecule has 2 aromatic heterocycles. The van der Waals surface area contributed by atoms with E-state index in [1.165, 1.54) is 12.1 Å². The van der Waals surface area contributed by atoms with Crippen LogP contribution in [0.5, 0.6) is 5.75 Å². The molecular weight excluding hydrogens is 418 g/mol. The normalized spacial score (nSPS) is 12.1. The highest BCUT2D eigenvalue weighted by atomic mass is 16.5. The molecule has 0 unspecified atom stereocenters. The Morgan fingerprint density at radius 1 is 1.18 bits per heavy atom. The van der Waals surface area contributed by atoms with Gasteiger partial charge in [-0.25, -0.2) is 14.8 Å². The molecule has 0 aliphatic heterocycles. The predicted octanol–water partition coefficient (Wildman–Crippen LogP) is 4.48. The second-order valence-electron chi connectivity index (χ2n) is 7.80. The zero-order chi connectivity index (χ0) is 22.9. The minimum Gasteiger partial charge on any atom is -0.492 e. The Bertz CT molecular complexity index is 1350. The van der Waals surface area contributed by atoms with Crippen molar-refractivity contribution in [1.82, 2.24) is 19.7 Å². The van der Waals surface area contributed by atoms with E-state index in [9.17, 15) is 9.90 Å². The van der Waals surface area contributed by atoms with E-state index < -0.39 is 5.97 Å². The molecule has 33 heavy (non-hydrogen) atoms. The maximum absolute atomic E-state index is 11.3. The first kappa shape index (κ1) is 20.7. The lowest BCUT2D eigenvalue weighted by atomic mass is 9.91. The average molecular weight is 441 g/mol. The maximum atomic E-state index is 11.3. The number of carboxylic acids is 1. The third-order valence-electron chi connectivity index (χ3n) is 5.67. The molecule has 0 bridgehead atoms. The van der Waals surface area contributed by atoms with Gasteiger partial charge in [0, 0.05) is 24.4 Å². The van der Waals surface area contributed by atoms with Crippen molar-refractivity contribution < 1.29 is 14.6 Å². The molecule has 0 radical (unpaired) electrons. The van der Waals surface area contributed by atoms with Crippen LogP contribution in [0, 0.1) is 0 Å². The van der Waals surface area contributed by atoms with E-state index in [0.29, 0.717) is 24.0 Å². The summed E-state index contributed by atoms with van der Waals surface area (Å²) < 4.78 is 7.57. The van der Waals surface area contributed by atoms with Crippen molar-refractivity contribution in [1.29, 1.82) is 0 Å². The first-order valence-electron chi connectivity index (χ1n) is 10.8. The number of aryl methyl sites for hydroxylation is 3. The monoisotopic (exact) mass is 441 g/mol. The molecule has 2 N–H and O–H groups in total. The molecule has 0 spiro atoms. The van der Waals surface area contributed by atoms with E-state index in [-0.39, 0.29) is 5.56 Å². The van der Waals surface area contributed by atoms with Crippen LogP contribution >= 0.6 is 0 Å². The van der Waals surface area contributed by atoms with Gasteiger partial charge < -0.3 is 15.2 Å². The van der Waals surface area contributed by atoms with Crippen molar-refractivity contribution in [2.45, 2.75) is 19.8 Å². The van der Waals surface area contributed by atoms with Gasteiger partial charge in [0.05, 0.1) is 34.9 Å². The van der Waals surface area contributed by atoms with E-state index in [1.807, 2.05) is 43.0 Å². The number of anilines is 2. The number of rotatable bonds is 6. The Morgan fingerprint density at radius 3 is 2.76 bits per heavy atom. The first-order valence-corrected chi connectivity index (χ1v) is 10.8. The van der Waals surface area contributed by atoms with Crippen molar-refractivity contribution in [3.8, 4) is 28.3 Å². The molecule has 0 atom stereocenters. The molecule has 0 fully saturated rings. The summed E-state index contributed by atoms with van der Waals surface area (Å²) in [5.41, 5.74) is 6.85. The molecule has 8 nitrogen and oxygen atoms in total. The Balaban J connectivity index is 1.57. The van der Waals surface area contributed by atoms with Crippen LogP contribution in [-0.2, 0) is 19.9 Å². The largest absolute Gasteiger partial charge is 0.492 e. The third kappa shape index (κ3) is 3.80. The lowest BCUT2D eigenvalue weighted by Gasteiger charge is -2.18. The summed E-state index contributed by atoms with van der Waals surface area (Å²) in [6, 6.07) is 14.9. The summed E-state index contributed by atoms with van der Waals surface area (Å²) in [4.78, 5) is 20.7. The average Bonchev–Trinajstić information content (AvgIpc) is 3.17. The Hall–Kier alpha value is -4.20. The lowest BCUT2D eigenvalue weighted by Crippen LogP contribution is -2.09. The summed E-state index contributed by atoms with van der Waals surface area (Å²) >= 11 is 0. The second-order valence-corrected chi connectivity index (χ2v) is 7.80. The summed E-state index contributed by atoms with van der Waals surface area (Å²) in [7, 11) is 1.96. The minimum atomic E-state index is -1.01. The summed E-state index contributed by atoms with van der Waals surface area (Å²) in [5, 5.41) is 17.3. The van der Waals surface area contributed by atoms with E-state index >= 15 is 0 Å². The highest BCUT2D eigenvalue weighted by Crippen LogP contribution is 2.39. The number of nitrogens with zero attached hydrogens (tertiary/aromatic N) is 4. The molecule has 8 heteroatoms. The van der Waals surface area contributed by atoms with Crippen molar-refractivity contribution in [3.63, 3.8) is 0 Å². The number of hydrogen-bond donors (Lipinski definition) is 2. The van der Waals surface area contributed by atoms with Gasteiger partial charge in [-0.1, -0.05) is 30.3 Å². The van der Waals surface area contributed by atoms with E-state index in [1.54, 1.807) is 6.07 Å². The smallest absolute Gasteiger partial charge is 0.335 e. The molecule has 1 aliphatic carbocycles. The van der Waals surface area contributed by atoms with Crippen LogP contribution in [0.3, 0.4) is 0 Å². The van der Waals surface area contributed by atoms with Gasteiger partial charge in [-0.05, 0) is 43.5 Å². The van der Waals surface area contributed by atoms with Gasteiger partial charge in [0.2, 0.25) is 5.95 Å².